The summed E-state index contributed by atoms with van der Waals surface area (Å²) in [7, 11) is 3.33. The highest BCUT2D eigenvalue weighted by atomic mass is 16.5. The van der Waals surface area contributed by atoms with E-state index in [1.165, 1.54) is 12.5 Å². The summed E-state index contributed by atoms with van der Waals surface area (Å²) >= 11 is 0. The number of imidazole rings is 1. The largest absolute Gasteiger partial charge is 0.506 e. The molecule has 2 unspecified atom stereocenters. The molecule has 178 valence electrons. The lowest BCUT2D eigenvalue weighted by Crippen LogP contribution is -2.35. The summed E-state index contributed by atoms with van der Waals surface area (Å²) in [5, 5.41) is 22.1. The van der Waals surface area contributed by atoms with Crippen molar-refractivity contribution in [3.8, 4) is 11.5 Å². The van der Waals surface area contributed by atoms with Crippen LogP contribution in [0.5, 0.6) is 11.5 Å². The maximum absolute atomic E-state index is 12.9. The number of nitrogens with zero attached hydrogens (tertiary/aromatic N) is 3. The first kappa shape index (κ1) is 22.6. The molecule has 0 aliphatic carbocycles. The van der Waals surface area contributed by atoms with E-state index < -0.39 is 5.60 Å². The first-order chi connectivity index (χ1) is 16.8. The van der Waals surface area contributed by atoms with Crippen molar-refractivity contribution in [2.75, 3.05) is 19.1 Å². The molecule has 35 heavy (non-hydrogen) atoms. The normalized spacial score (nSPS) is 17.1. The minimum absolute atomic E-state index is 0.0267. The van der Waals surface area contributed by atoms with Crippen molar-refractivity contribution in [2.24, 2.45) is 0 Å². The van der Waals surface area contributed by atoms with Crippen molar-refractivity contribution >= 4 is 11.6 Å². The molecule has 2 atom stereocenters. The number of ether oxygens (including phenoxy) is 1. The third kappa shape index (κ3) is 3.72. The molecule has 1 aliphatic rings. The van der Waals surface area contributed by atoms with E-state index in [4.69, 9.17) is 4.74 Å². The number of amides is 1. The van der Waals surface area contributed by atoms with Crippen LogP contribution in [0.1, 0.15) is 46.0 Å². The van der Waals surface area contributed by atoms with Gasteiger partial charge in [0.2, 0.25) is 5.91 Å². The maximum atomic E-state index is 12.9. The van der Waals surface area contributed by atoms with E-state index in [0.29, 0.717) is 28.3 Å². The Morgan fingerprint density at radius 3 is 2.66 bits per heavy atom. The molecule has 0 saturated carbocycles. The topological polar surface area (TPSA) is 112 Å². The van der Waals surface area contributed by atoms with Crippen LogP contribution in [0.25, 0.3) is 0 Å². The van der Waals surface area contributed by atoms with Crippen molar-refractivity contribution in [1.29, 1.82) is 0 Å². The fraction of sp³-hybridized carbons (Fsp3) is 0.222. The Bertz CT molecular complexity index is 1400. The van der Waals surface area contributed by atoms with E-state index in [9.17, 15) is 15.0 Å². The van der Waals surface area contributed by atoms with Gasteiger partial charge in [-0.2, -0.15) is 0 Å². The second-order valence-electron chi connectivity index (χ2n) is 8.79. The molecule has 0 spiro atoms. The Balaban J connectivity index is 1.73. The highest BCUT2D eigenvalue weighted by molar-refractivity contribution is 5.97. The standard InChI is InChI=1S/C27H26N4O4/c1-16-9-19(32)13-29-26(16)22-12-25(33)31(2)23-8-7-18(11-21(22)23)27(34,24-14-28-15-30-24)17-5-4-6-20(10-17)35-3/h4-11,13-15,22,32,34H,12H2,1-3H3,(H,28,30). The van der Waals surface area contributed by atoms with Gasteiger partial charge in [-0.1, -0.05) is 18.2 Å². The molecule has 2 aromatic heterocycles. The molecule has 0 fully saturated rings. The van der Waals surface area contributed by atoms with Crippen LogP contribution in [0.3, 0.4) is 0 Å². The predicted molar refractivity (Wildman–Crippen MR) is 131 cm³/mol. The number of aromatic amines is 1. The molecule has 8 nitrogen and oxygen atoms in total. The SMILES string of the molecule is COc1cccc(C(O)(c2ccc3c(c2)C(c2ncc(O)cc2C)CC(=O)N3C)c2cnc[nH]2)c1. The second-order valence-corrected chi connectivity index (χ2v) is 8.79. The number of rotatable bonds is 5. The maximum Gasteiger partial charge on any atom is 0.227 e. The molecular weight excluding hydrogens is 444 g/mol. The van der Waals surface area contributed by atoms with E-state index in [1.54, 1.807) is 37.4 Å². The molecule has 4 aromatic rings. The number of hydrogen-bond donors (Lipinski definition) is 3. The number of carbonyl (C=O) groups is 1. The fourth-order valence-electron chi connectivity index (χ4n) is 4.88. The zero-order valence-corrected chi connectivity index (χ0v) is 19.7. The Morgan fingerprint density at radius 2 is 1.94 bits per heavy atom. The van der Waals surface area contributed by atoms with Crippen molar-refractivity contribution in [1.82, 2.24) is 15.0 Å². The summed E-state index contributed by atoms with van der Waals surface area (Å²) in [5.41, 5.74) is 3.29. The number of H-pyrrole nitrogens is 1. The number of aromatic nitrogens is 3. The Labute approximate surface area is 202 Å². The molecule has 0 radical (unpaired) electrons. The third-order valence-corrected chi connectivity index (χ3v) is 6.74. The van der Waals surface area contributed by atoms with Crippen molar-refractivity contribution in [3.05, 3.63) is 101 Å². The number of aryl methyl sites for hydroxylation is 1. The monoisotopic (exact) mass is 470 g/mol. The van der Waals surface area contributed by atoms with E-state index in [1.807, 2.05) is 43.3 Å². The number of methoxy groups -OCH3 is 1. The molecule has 5 rings (SSSR count). The van der Waals surface area contributed by atoms with Gasteiger partial charge >= 0.3 is 0 Å². The zero-order valence-electron chi connectivity index (χ0n) is 19.7. The van der Waals surface area contributed by atoms with Crippen LogP contribution in [-0.4, -0.2) is 45.2 Å². The van der Waals surface area contributed by atoms with Crippen molar-refractivity contribution in [2.45, 2.75) is 24.9 Å². The lowest BCUT2D eigenvalue weighted by Gasteiger charge is -2.35. The second kappa shape index (κ2) is 8.56. The van der Waals surface area contributed by atoms with Crippen LogP contribution >= 0.6 is 0 Å². The first-order valence-electron chi connectivity index (χ1n) is 11.2. The third-order valence-electron chi connectivity index (χ3n) is 6.74. The van der Waals surface area contributed by atoms with Gasteiger partial charge in [0.25, 0.3) is 0 Å². The van der Waals surface area contributed by atoms with Crippen LogP contribution in [0.2, 0.25) is 0 Å². The summed E-state index contributed by atoms with van der Waals surface area (Å²) in [6, 6.07) is 14.5. The minimum Gasteiger partial charge on any atom is -0.506 e. The minimum atomic E-state index is -1.55. The van der Waals surface area contributed by atoms with E-state index in [0.717, 1.165) is 16.8 Å². The number of carbonyl (C=O) groups excluding carboxylic acids is 1. The van der Waals surface area contributed by atoms with Gasteiger partial charge in [0.05, 0.1) is 37.2 Å². The number of anilines is 1. The smallest absolute Gasteiger partial charge is 0.227 e. The van der Waals surface area contributed by atoms with E-state index in [-0.39, 0.29) is 24.0 Å². The fourth-order valence-corrected chi connectivity index (χ4v) is 4.88. The van der Waals surface area contributed by atoms with Gasteiger partial charge in [-0.3, -0.25) is 9.78 Å². The van der Waals surface area contributed by atoms with E-state index >= 15 is 0 Å². The number of pyridine rings is 1. The molecule has 2 aromatic carbocycles. The van der Waals surface area contributed by atoms with Gasteiger partial charge in [0.15, 0.2) is 5.60 Å². The summed E-state index contributed by atoms with van der Waals surface area (Å²) in [5.74, 6) is 0.336. The summed E-state index contributed by atoms with van der Waals surface area (Å²) < 4.78 is 5.41. The summed E-state index contributed by atoms with van der Waals surface area (Å²) in [4.78, 5) is 26.1. The molecule has 3 N–H and O–H groups in total. The quantitative estimate of drug-likeness (QED) is 0.411. The highest BCUT2D eigenvalue weighted by Gasteiger charge is 2.39. The molecule has 0 saturated heterocycles. The molecule has 1 aliphatic heterocycles. The Hall–Kier alpha value is -4.17. The zero-order chi connectivity index (χ0) is 24.7. The van der Waals surface area contributed by atoms with Crippen LogP contribution in [0.15, 0.2) is 67.3 Å². The molecule has 8 heteroatoms. The number of benzene rings is 2. The highest BCUT2D eigenvalue weighted by Crippen LogP contribution is 2.44. The van der Waals surface area contributed by atoms with Crippen molar-refractivity contribution in [3.63, 3.8) is 0 Å². The van der Waals surface area contributed by atoms with Gasteiger partial charge in [0.1, 0.15) is 11.5 Å². The number of fused-ring (bicyclic) bond motifs is 1. The number of hydrogen-bond acceptors (Lipinski definition) is 6. The average molecular weight is 471 g/mol. The van der Waals surface area contributed by atoms with Gasteiger partial charge in [0, 0.05) is 25.1 Å². The van der Waals surface area contributed by atoms with Crippen LogP contribution in [0, 0.1) is 6.92 Å². The first-order valence-corrected chi connectivity index (χ1v) is 11.2. The van der Waals surface area contributed by atoms with Crippen LogP contribution in [0.4, 0.5) is 5.69 Å². The van der Waals surface area contributed by atoms with Gasteiger partial charge in [-0.15, -0.1) is 0 Å². The van der Waals surface area contributed by atoms with E-state index in [2.05, 4.69) is 15.0 Å². The predicted octanol–water partition coefficient (Wildman–Crippen LogP) is 3.61. The average Bonchev–Trinajstić information content (AvgIpc) is 3.41. The number of nitrogens with one attached hydrogen (secondary N) is 1. The van der Waals surface area contributed by atoms with Gasteiger partial charge in [-0.05, 0) is 59.5 Å². The molecule has 3 heterocycles. The Morgan fingerprint density at radius 1 is 1.14 bits per heavy atom. The number of aromatic hydroxyl groups is 1. The van der Waals surface area contributed by atoms with Crippen LogP contribution < -0.4 is 9.64 Å². The van der Waals surface area contributed by atoms with Gasteiger partial charge < -0.3 is 24.8 Å². The molecular formula is C27H26N4O4. The van der Waals surface area contributed by atoms with Gasteiger partial charge in [-0.25, -0.2) is 4.98 Å². The summed E-state index contributed by atoms with van der Waals surface area (Å²) in [6.45, 7) is 1.87. The number of aliphatic hydroxyl groups is 1. The lowest BCUT2D eigenvalue weighted by atomic mass is 9.79. The summed E-state index contributed by atoms with van der Waals surface area (Å²) in [6.07, 6.45) is 4.74. The molecule has 1 amide bonds. The Kier molecular flexibility index (Phi) is 5.53. The molecule has 0 bridgehead atoms. The van der Waals surface area contributed by atoms with Crippen molar-refractivity contribution < 1.29 is 19.7 Å². The van der Waals surface area contributed by atoms with Crippen LogP contribution in [-0.2, 0) is 10.4 Å². The lowest BCUT2D eigenvalue weighted by molar-refractivity contribution is -0.118.